The van der Waals surface area contributed by atoms with Gasteiger partial charge in [-0.3, -0.25) is 9.69 Å². The number of carboxylic acid groups (broad SMARTS) is 1. The Morgan fingerprint density at radius 3 is 2.52 bits per heavy atom. The first-order valence-corrected chi connectivity index (χ1v) is 11.6. The molecule has 1 aliphatic carbocycles. The number of halogens is 1. The Kier molecular flexibility index (Phi) is 6.19. The van der Waals surface area contributed by atoms with Gasteiger partial charge < -0.3 is 14.4 Å². The molecule has 0 spiro atoms. The van der Waals surface area contributed by atoms with E-state index in [1.54, 1.807) is 0 Å². The number of carbonyl (C=O) groups is 1. The van der Waals surface area contributed by atoms with Crippen LogP contribution in [0.2, 0.25) is 5.02 Å². The third-order valence-corrected chi connectivity index (χ3v) is 7.02. The molecule has 1 saturated heterocycles. The second-order valence-corrected chi connectivity index (χ2v) is 9.51. The molecular formula is C25H26ClN3O4. The lowest BCUT2D eigenvalue weighted by atomic mass is 9.65. The average molecular weight is 468 g/mol. The first-order chi connectivity index (χ1) is 16.0. The van der Waals surface area contributed by atoms with Gasteiger partial charge in [-0.15, -0.1) is 0 Å². The molecule has 2 fully saturated rings. The van der Waals surface area contributed by atoms with E-state index in [4.69, 9.17) is 26.0 Å². The minimum Gasteiger partial charge on any atom is -0.481 e. The van der Waals surface area contributed by atoms with Crippen LogP contribution in [0.1, 0.15) is 36.3 Å². The number of aliphatic carboxylic acids is 1. The van der Waals surface area contributed by atoms with Crippen LogP contribution in [0.4, 0.5) is 0 Å². The van der Waals surface area contributed by atoms with E-state index in [-0.39, 0.29) is 17.9 Å². The van der Waals surface area contributed by atoms with Gasteiger partial charge in [0, 0.05) is 35.6 Å². The van der Waals surface area contributed by atoms with E-state index < -0.39 is 5.97 Å². The van der Waals surface area contributed by atoms with Crippen molar-refractivity contribution in [3.8, 4) is 11.4 Å². The van der Waals surface area contributed by atoms with Crippen molar-refractivity contribution in [3.05, 3.63) is 70.6 Å². The zero-order chi connectivity index (χ0) is 22.8. The molecule has 0 bridgehead atoms. The molecule has 2 aliphatic rings. The molecule has 0 atom stereocenters. The predicted molar refractivity (Wildman–Crippen MR) is 123 cm³/mol. The number of ether oxygens (including phenoxy) is 1. The molecule has 8 heteroatoms. The number of carboxylic acids is 1. The lowest BCUT2D eigenvalue weighted by Gasteiger charge is -2.42. The fourth-order valence-electron chi connectivity index (χ4n) is 4.56. The summed E-state index contributed by atoms with van der Waals surface area (Å²) in [5, 5.41) is 13.8. The first-order valence-electron chi connectivity index (χ1n) is 11.2. The van der Waals surface area contributed by atoms with E-state index in [0.717, 1.165) is 35.5 Å². The predicted octanol–water partition coefficient (Wildman–Crippen LogP) is 4.54. The zero-order valence-electron chi connectivity index (χ0n) is 18.2. The Hall–Kier alpha value is -2.74. The normalized spacial score (nSPS) is 18.0. The fourth-order valence-corrected chi connectivity index (χ4v) is 4.69. The summed E-state index contributed by atoms with van der Waals surface area (Å²) in [6.45, 7) is 2.83. The second-order valence-electron chi connectivity index (χ2n) is 9.07. The molecule has 1 aliphatic heterocycles. The highest BCUT2D eigenvalue weighted by Crippen LogP contribution is 2.44. The van der Waals surface area contributed by atoms with Crippen molar-refractivity contribution in [3.63, 3.8) is 0 Å². The molecule has 33 heavy (non-hydrogen) atoms. The van der Waals surface area contributed by atoms with Crippen LogP contribution < -0.4 is 0 Å². The molecule has 0 unspecified atom stereocenters. The Bertz CT molecular complexity index is 1100. The van der Waals surface area contributed by atoms with Gasteiger partial charge in [-0.2, -0.15) is 4.98 Å². The lowest BCUT2D eigenvalue weighted by molar-refractivity contribution is -0.147. The van der Waals surface area contributed by atoms with Crippen molar-refractivity contribution in [1.82, 2.24) is 15.0 Å². The summed E-state index contributed by atoms with van der Waals surface area (Å²) in [7, 11) is 0. The number of nitrogens with zero attached hydrogens (tertiary/aromatic N) is 3. The topological polar surface area (TPSA) is 88.7 Å². The Morgan fingerprint density at radius 1 is 1.15 bits per heavy atom. The van der Waals surface area contributed by atoms with Gasteiger partial charge in [0.05, 0.1) is 12.5 Å². The summed E-state index contributed by atoms with van der Waals surface area (Å²) in [6, 6.07) is 16.0. The van der Waals surface area contributed by atoms with Gasteiger partial charge in [-0.25, -0.2) is 0 Å². The standard InChI is InChI=1S/C25H26ClN3O4/c26-21-8-6-20(7-9-21)25(10-1-11-25)16-32-15-22-27-23(28-33-22)18-4-2-17(3-5-18)12-29-13-19(14-29)24(30)31/h2-9,19H,1,10-16H2,(H,30,31). The Labute approximate surface area is 197 Å². The molecule has 2 heterocycles. The lowest BCUT2D eigenvalue weighted by Crippen LogP contribution is -2.49. The summed E-state index contributed by atoms with van der Waals surface area (Å²) in [5.74, 6) is 0.0342. The molecule has 2 aromatic carbocycles. The van der Waals surface area contributed by atoms with Crippen molar-refractivity contribution < 1.29 is 19.2 Å². The molecule has 7 nitrogen and oxygen atoms in total. The molecule has 1 N–H and O–H groups in total. The highest BCUT2D eigenvalue weighted by atomic mass is 35.5. The number of likely N-dealkylation sites (tertiary alicyclic amines) is 1. The third-order valence-electron chi connectivity index (χ3n) is 6.76. The van der Waals surface area contributed by atoms with E-state index in [0.29, 0.717) is 31.4 Å². The summed E-state index contributed by atoms with van der Waals surface area (Å²) in [5.41, 5.74) is 3.31. The molecule has 1 aromatic heterocycles. The molecule has 1 saturated carbocycles. The summed E-state index contributed by atoms with van der Waals surface area (Å²) >= 11 is 6.04. The van der Waals surface area contributed by atoms with E-state index >= 15 is 0 Å². The maximum atomic E-state index is 10.9. The highest BCUT2D eigenvalue weighted by molar-refractivity contribution is 6.30. The molecule has 0 amide bonds. The highest BCUT2D eigenvalue weighted by Gasteiger charge is 2.39. The third kappa shape index (κ3) is 4.81. The van der Waals surface area contributed by atoms with Crippen LogP contribution in [-0.2, 0) is 28.1 Å². The Balaban J connectivity index is 1.14. The van der Waals surface area contributed by atoms with Crippen LogP contribution in [0.5, 0.6) is 0 Å². The molecule has 3 aromatic rings. The van der Waals surface area contributed by atoms with Gasteiger partial charge >= 0.3 is 5.97 Å². The van der Waals surface area contributed by atoms with E-state index in [2.05, 4.69) is 27.2 Å². The second kappa shape index (κ2) is 9.25. The van der Waals surface area contributed by atoms with Crippen molar-refractivity contribution in [2.24, 2.45) is 5.92 Å². The quantitative estimate of drug-likeness (QED) is 0.494. The summed E-state index contributed by atoms with van der Waals surface area (Å²) in [6.07, 6.45) is 3.40. The molecule has 5 rings (SSSR count). The number of hydrogen-bond donors (Lipinski definition) is 1. The number of benzene rings is 2. The summed E-state index contributed by atoms with van der Waals surface area (Å²) in [4.78, 5) is 17.5. The van der Waals surface area contributed by atoms with Crippen LogP contribution in [0.3, 0.4) is 0 Å². The van der Waals surface area contributed by atoms with E-state index in [1.807, 2.05) is 36.4 Å². The van der Waals surface area contributed by atoms with Crippen LogP contribution in [0.15, 0.2) is 53.1 Å². The van der Waals surface area contributed by atoms with Crippen molar-refractivity contribution in [1.29, 1.82) is 0 Å². The smallest absolute Gasteiger partial charge is 0.309 e. The first kappa shape index (κ1) is 22.1. The van der Waals surface area contributed by atoms with Crippen molar-refractivity contribution in [2.75, 3.05) is 19.7 Å². The minimum atomic E-state index is -0.716. The largest absolute Gasteiger partial charge is 0.481 e. The van der Waals surface area contributed by atoms with Crippen molar-refractivity contribution >= 4 is 17.6 Å². The average Bonchev–Trinajstić information content (AvgIpc) is 3.22. The molecule has 0 radical (unpaired) electrons. The van der Waals surface area contributed by atoms with Gasteiger partial charge in [-0.1, -0.05) is 59.6 Å². The van der Waals surface area contributed by atoms with Gasteiger partial charge in [0.1, 0.15) is 6.61 Å². The van der Waals surface area contributed by atoms with Crippen LogP contribution in [0.25, 0.3) is 11.4 Å². The molecular weight excluding hydrogens is 442 g/mol. The maximum absolute atomic E-state index is 10.9. The van der Waals surface area contributed by atoms with Gasteiger partial charge in [0.15, 0.2) is 0 Å². The minimum absolute atomic E-state index is 0.0458. The molecule has 172 valence electrons. The van der Waals surface area contributed by atoms with Gasteiger partial charge in [0.25, 0.3) is 5.89 Å². The van der Waals surface area contributed by atoms with Gasteiger partial charge in [-0.05, 0) is 36.1 Å². The van der Waals surface area contributed by atoms with Crippen LogP contribution in [-0.4, -0.2) is 45.8 Å². The fraction of sp³-hybridized carbons (Fsp3) is 0.400. The zero-order valence-corrected chi connectivity index (χ0v) is 19.0. The van der Waals surface area contributed by atoms with Crippen LogP contribution in [0, 0.1) is 5.92 Å². The van der Waals surface area contributed by atoms with Crippen molar-refractivity contribution in [2.45, 2.75) is 37.8 Å². The number of aromatic nitrogens is 2. The van der Waals surface area contributed by atoms with Gasteiger partial charge in [0.2, 0.25) is 5.82 Å². The number of hydrogen-bond acceptors (Lipinski definition) is 6. The van der Waals surface area contributed by atoms with E-state index in [1.165, 1.54) is 12.0 Å². The summed E-state index contributed by atoms with van der Waals surface area (Å²) < 4.78 is 11.4. The Morgan fingerprint density at radius 2 is 1.88 bits per heavy atom. The maximum Gasteiger partial charge on any atom is 0.309 e. The van der Waals surface area contributed by atoms with Crippen LogP contribution >= 0.6 is 11.6 Å². The number of rotatable bonds is 9. The SMILES string of the molecule is O=C(O)C1CN(Cc2ccc(-c3noc(COCC4(c5ccc(Cl)cc5)CCC4)n3)cc2)C1. The van der Waals surface area contributed by atoms with E-state index in [9.17, 15) is 4.79 Å². The monoisotopic (exact) mass is 467 g/mol.